The third-order valence-corrected chi connectivity index (χ3v) is 1.66. The highest BCUT2D eigenvalue weighted by atomic mass is 127. The molecule has 0 aromatic heterocycles. The molecule has 0 amide bonds. The maximum absolute atomic E-state index is 5.67. The number of hydrogen-bond acceptors (Lipinski definition) is 1. The summed E-state index contributed by atoms with van der Waals surface area (Å²) >= 11 is 2.40. The zero-order valence-corrected chi connectivity index (χ0v) is 7.68. The fourth-order valence-electron chi connectivity index (χ4n) is 0.584. The van der Waals surface area contributed by atoms with E-state index in [1.54, 1.807) is 0 Å². The zero-order valence-electron chi connectivity index (χ0n) is 5.52. The van der Waals surface area contributed by atoms with E-state index in [4.69, 9.17) is 5.73 Å². The van der Waals surface area contributed by atoms with Crippen molar-refractivity contribution >= 4 is 22.6 Å². The van der Waals surface area contributed by atoms with Crippen molar-refractivity contribution in [3.8, 4) is 0 Å². The molecule has 50 valence electrons. The van der Waals surface area contributed by atoms with Gasteiger partial charge in [-0.05, 0) is 12.8 Å². The molecule has 0 radical (unpaired) electrons. The number of alkyl halides is 1. The summed E-state index contributed by atoms with van der Waals surface area (Å²) in [6.45, 7) is 4.32. The minimum absolute atomic E-state index is 0.418. The summed E-state index contributed by atoms with van der Waals surface area (Å²) in [5.74, 6) is 0. The lowest BCUT2D eigenvalue weighted by Gasteiger charge is -2.08. The SMILES string of the molecule is CCC(N)CC(C)I. The lowest BCUT2D eigenvalue weighted by molar-refractivity contribution is 0.602. The molecule has 2 atom stereocenters. The van der Waals surface area contributed by atoms with Crippen LogP contribution in [0, 0.1) is 0 Å². The van der Waals surface area contributed by atoms with Gasteiger partial charge in [0.1, 0.15) is 0 Å². The normalized spacial score (nSPS) is 18.0. The molecule has 0 spiro atoms. The van der Waals surface area contributed by atoms with E-state index in [1.807, 2.05) is 0 Å². The summed E-state index contributed by atoms with van der Waals surface area (Å²) in [5.41, 5.74) is 5.67. The molecule has 0 saturated heterocycles. The van der Waals surface area contributed by atoms with Crippen molar-refractivity contribution in [3.63, 3.8) is 0 Å². The predicted molar refractivity (Wildman–Crippen MR) is 46.4 cm³/mol. The van der Waals surface area contributed by atoms with Crippen LogP contribution >= 0.6 is 22.6 Å². The largest absolute Gasteiger partial charge is 0.328 e. The summed E-state index contributed by atoms with van der Waals surface area (Å²) in [5, 5.41) is 0. The van der Waals surface area contributed by atoms with E-state index in [1.165, 1.54) is 0 Å². The minimum atomic E-state index is 0.418. The highest BCUT2D eigenvalue weighted by molar-refractivity contribution is 14.1. The Morgan fingerprint density at radius 1 is 1.62 bits per heavy atom. The molecule has 0 bridgehead atoms. The molecular formula is C6H14IN. The van der Waals surface area contributed by atoms with Crippen LogP contribution < -0.4 is 5.73 Å². The van der Waals surface area contributed by atoms with E-state index in [2.05, 4.69) is 36.4 Å². The second-order valence-electron chi connectivity index (χ2n) is 2.18. The molecule has 0 aliphatic rings. The van der Waals surface area contributed by atoms with Crippen LogP contribution in [-0.4, -0.2) is 9.97 Å². The molecule has 0 fully saturated rings. The van der Waals surface area contributed by atoms with Crippen molar-refractivity contribution in [2.24, 2.45) is 5.73 Å². The average Bonchev–Trinajstić information content (AvgIpc) is 1.65. The van der Waals surface area contributed by atoms with Gasteiger partial charge in [0.15, 0.2) is 0 Å². The first-order valence-corrected chi connectivity index (χ1v) is 4.31. The van der Waals surface area contributed by atoms with Crippen molar-refractivity contribution < 1.29 is 0 Å². The standard InChI is InChI=1S/C6H14IN/c1-3-6(8)4-5(2)7/h5-6H,3-4,8H2,1-2H3. The van der Waals surface area contributed by atoms with Gasteiger partial charge in [0.25, 0.3) is 0 Å². The predicted octanol–water partition coefficient (Wildman–Crippen LogP) is 1.94. The molecule has 0 aromatic rings. The molecular weight excluding hydrogens is 213 g/mol. The quantitative estimate of drug-likeness (QED) is 0.578. The maximum Gasteiger partial charge on any atom is 0.00960 e. The highest BCUT2D eigenvalue weighted by Crippen LogP contribution is 2.07. The van der Waals surface area contributed by atoms with E-state index in [-0.39, 0.29) is 0 Å². The number of nitrogens with two attached hydrogens (primary N) is 1. The van der Waals surface area contributed by atoms with Crippen LogP contribution in [0.5, 0.6) is 0 Å². The number of rotatable bonds is 3. The summed E-state index contributed by atoms with van der Waals surface area (Å²) < 4.78 is 0.725. The Morgan fingerprint density at radius 2 is 2.12 bits per heavy atom. The van der Waals surface area contributed by atoms with Gasteiger partial charge < -0.3 is 5.73 Å². The first kappa shape index (κ1) is 8.69. The third-order valence-electron chi connectivity index (χ3n) is 1.15. The second-order valence-corrected chi connectivity index (χ2v) is 4.31. The topological polar surface area (TPSA) is 26.0 Å². The molecule has 0 saturated carbocycles. The molecule has 0 aliphatic heterocycles. The van der Waals surface area contributed by atoms with Gasteiger partial charge in [0.05, 0.1) is 0 Å². The Labute approximate surface area is 65.2 Å². The van der Waals surface area contributed by atoms with E-state index in [0.29, 0.717) is 6.04 Å². The van der Waals surface area contributed by atoms with Crippen LogP contribution in [0.4, 0.5) is 0 Å². The average molecular weight is 227 g/mol. The molecule has 0 heterocycles. The van der Waals surface area contributed by atoms with Crippen LogP contribution in [0.3, 0.4) is 0 Å². The fourth-order valence-corrected chi connectivity index (χ4v) is 1.24. The van der Waals surface area contributed by atoms with Gasteiger partial charge in [-0.15, -0.1) is 0 Å². The highest BCUT2D eigenvalue weighted by Gasteiger charge is 2.01. The molecule has 8 heavy (non-hydrogen) atoms. The lowest BCUT2D eigenvalue weighted by Crippen LogP contribution is -2.21. The first-order chi connectivity index (χ1) is 3.66. The van der Waals surface area contributed by atoms with Crippen molar-refractivity contribution in [1.29, 1.82) is 0 Å². The Balaban J connectivity index is 3.10. The lowest BCUT2D eigenvalue weighted by atomic mass is 10.1. The van der Waals surface area contributed by atoms with Crippen molar-refractivity contribution in [3.05, 3.63) is 0 Å². The molecule has 0 rings (SSSR count). The van der Waals surface area contributed by atoms with E-state index < -0.39 is 0 Å². The third kappa shape index (κ3) is 4.84. The first-order valence-electron chi connectivity index (χ1n) is 3.06. The fraction of sp³-hybridized carbons (Fsp3) is 1.00. The van der Waals surface area contributed by atoms with Gasteiger partial charge >= 0.3 is 0 Å². The van der Waals surface area contributed by atoms with Crippen LogP contribution in [0.1, 0.15) is 26.7 Å². The molecule has 2 heteroatoms. The molecule has 2 unspecified atom stereocenters. The zero-order chi connectivity index (χ0) is 6.57. The Hall–Kier alpha value is 0.690. The summed E-state index contributed by atoms with van der Waals surface area (Å²) in [7, 11) is 0. The molecule has 1 nitrogen and oxygen atoms in total. The van der Waals surface area contributed by atoms with Gasteiger partial charge in [-0.25, -0.2) is 0 Å². The van der Waals surface area contributed by atoms with Crippen molar-refractivity contribution in [1.82, 2.24) is 0 Å². The van der Waals surface area contributed by atoms with Crippen molar-refractivity contribution in [2.75, 3.05) is 0 Å². The smallest absolute Gasteiger partial charge is 0.00960 e. The molecule has 0 aliphatic carbocycles. The number of halogens is 1. The van der Waals surface area contributed by atoms with E-state index >= 15 is 0 Å². The summed E-state index contributed by atoms with van der Waals surface area (Å²) in [4.78, 5) is 0. The van der Waals surface area contributed by atoms with Gasteiger partial charge in [-0.3, -0.25) is 0 Å². The maximum atomic E-state index is 5.67. The summed E-state index contributed by atoms with van der Waals surface area (Å²) in [6.07, 6.45) is 2.25. The minimum Gasteiger partial charge on any atom is -0.328 e. The van der Waals surface area contributed by atoms with E-state index in [9.17, 15) is 0 Å². The Morgan fingerprint density at radius 3 is 2.25 bits per heavy atom. The van der Waals surface area contributed by atoms with Crippen LogP contribution in [0.25, 0.3) is 0 Å². The second kappa shape index (κ2) is 4.56. The van der Waals surface area contributed by atoms with Crippen molar-refractivity contribution in [2.45, 2.75) is 36.7 Å². The van der Waals surface area contributed by atoms with Gasteiger partial charge in [0.2, 0.25) is 0 Å². The van der Waals surface area contributed by atoms with Gasteiger partial charge in [-0.1, -0.05) is 36.4 Å². The van der Waals surface area contributed by atoms with Crippen LogP contribution in [-0.2, 0) is 0 Å². The number of hydrogen-bond donors (Lipinski definition) is 1. The summed E-state index contributed by atoms with van der Waals surface area (Å²) in [6, 6.07) is 0.418. The molecule has 2 N–H and O–H groups in total. The Kier molecular flexibility index (Phi) is 4.95. The van der Waals surface area contributed by atoms with Crippen LogP contribution in [0.2, 0.25) is 0 Å². The molecule has 0 aromatic carbocycles. The van der Waals surface area contributed by atoms with Crippen LogP contribution in [0.15, 0.2) is 0 Å². The van der Waals surface area contributed by atoms with E-state index in [0.717, 1.165) is 16.8 Å². The van der Waals surface area contributed by atoms with Gasteiger partial charge in [0, 0.05) is 9.97 Å². The van der Waals surface area contributed by atoms with Gasteiger partial charge in [-0.2, -0.15) is 0 Å². The monoisotopic (exact) mass is 227 g/mol. The Bertz CT molecular complexity index is 54.5.